The molecule has 1 aromatic carbocycles. The first-order chi connectivity index (χ1) is 7.16. The Morgan fingerprint density at radius 2 is 1.80 bits per heavy atom. The molecule has 15 heavy (non-hydrogen) atoms. The predicted octanol–water partition coefficient (Wildman–Crippen LogP) is 2.64. The van der Waals surface area contributed by atoms with Gasteiger partial charge in [-0.2, -0.15) is 0 Å². The zero-order valence-corrected chi connectivity index (χ0v) is 9.37. The average molecular weight is 201 g/mol. The fourth-order valence-electron chi connectivity index (χ4n) is 2.01. The van der Waals surface area contributed by atoms with Crippen LogP contribution >= 0.6 is 0 Å². The minimum Gasteiger partial charge on any atom is -0.308 e. The second kappa shape index (κ2) is 3.54. The van der Waals surface area contributed by atoms with Crippen LogP contribution in [0, 0.1) is 13.8 Å². The molecule has 0 unspecified atom stereocenters. The van der Waals surface area contributed by atoms with E-state index < -0.39 is 0 Å². The molecule has 78 valence electrons. The number of pyridine rings is 1. The van der Waals surface area contributed by atoms with Gasteiger partial charge in [-0.1, -0.05) is 18.2 Å². The summed E-state index contributed by atoms with van der Waals surface area (Å²) in [4.78, 5) is 12.0. The molecule has 0 N–H and O–H groups in total. The third kappa shape index (κ3) is 1.37. The van der Waals surface area contributed by atoms with E-state index in [1.165, 1.54) is 5.39 Å². The average Bonchev–Trinajstić information content (AvgIpc) is 2.27. The van der Waals surface area contributed by atoms with Crippen molar-refractivity contribution in [1.82, 2.24) is 4.57 Å². The Balaban J connectivity index is 3.05. The molecule has 2 heteroatoms. The van der Waals surface area contributed by atoms with Crippen molar-refractivity contribution in [2.24, 2.45) is 0 Å². The van der Waals surface area contributed by atoms with Crippen LogP contribution in [0.3, 0.4) is 0 Å². The quantitative estimate of drug-likeness (QED) is 0.695. The van der Waals surface area contributed by atoms with Gasteiger partial charge in [-0.25, -0.2) is 0 Å². The van der Waals surface area contributed by atoms with E-state index in [1.54, 1.807) is 0 Å². The van der Waals surface area contributed by atoms with E-state index in [9.17, 15) is 4.79 Å². The van der Waals surface area contributed by atoms with Gasteiger partial charge in [0.05, 0.1) is 5.52 Å². The van der Waals surface area contributed by atoms with Crippen molar-refractivity contribution in [3.05, 3.63) is 45.7 Å². The van der Waals surface area contributed by atoms with Crippen LogP contribution in [0.25, 0.3) is 10.9 Å². The number of hydrogen-bond donors (Lipinski definition) is 0. The lowest BCUT2D eigenvalue weighted by atomic mass is 10.1. The predicted molar refractivity (Wildman–Crippen MR) is 63.4 cm³/mol. The smallest absolute Gasteiger partial charge is 0.254 e. The summed E-state index contributed by atoms with van der Waals surface area (Å²) < 4.78 is 1.83. The second-order valence-electron chi connectivity index (χ2n) is 3.82. The molecule has 1 heterocycles. The first-order valence-electron chi connectivity index (χ1n) is 5.25. The molecule has 2 aromatic rings. The Morgan fingerprint density at radius 3 is 2.47 bits per heavy atom. The van der Waals surface area contributed by atoms with Gasteiger partial charge in [-0.15, -0.1) is 0 Å². The normalized spacial score (nSPS) is 10.9. The molecule has 0 aliphatic heterocycles. The van der Waals surface area contributed by atoms with Gasteiger partial charge in [0.15, 0.2) is 0 Å². The van der Waals surface area contributed by atoms with E-state index in [-0.39, 0.29) is 5.56 Å². The maximum absolute atomic E-state index is 12.0. The molecule has 0 radical (unpaired) electrons. The maximum Gasteiger partial charge on any atom is 0.254 e. The Kier molecular flexibility index (Phi) is 2.35. The topological polar surface area (TPSA) is 22.0 Å². The minimum absolute atomic E-state index is 0.133. The Hall–Kier alpha value is -1.57. The van der Waals surface area contributed by atoms with Crippen LogP contribution in [-0.2, 0) is 6.54 Å². The Labute approximate surface area is 89.2 Å². The summed E-state index contributed by atoms with van der Waals surface area (Å²) in [5, 5.41) is 1.18. The van der Waals surface area contributed by atoms with Crippen LogP contribution in [0.2, 0.25) is 0 Å². The summed E-state index contributed by atoms with van der Waals surface area (Å²) in [7, 11) is 0. The Morgan fingerprint density at radius 1 is 1.13 bits per heavy atom. The summed E-state index contributed by atoms with van der Waals surface area (Å²) in [6.07, 6.45) is 0. The van der Waals surface area contributed by atoms with Crippen molar-refractivity contribution in [1.29, 1.82) is 0 Å². The zero-order chi connectivity index (χ0) is 11.0. The first-order valence-corrected chi connectivity index (χ1v) is 5.25. The molecule has 0 amide bonds. The second-order valence-corrected chi connectivity index (χ2v) is 3.82. The van der Waals surface area contributed by atoms with Gasteiger partial charge in [-0.3, -0.25) is 4.79 Å². The van der Waals surface area contributed by atoms with E-state index in [4.69, 9.17) is 0 Å². The lowest BCUT2D eigenvalue weighted by Crippen LogP contribution is -2.23. The Bertz CT molecular complexity index is 566. The number of hydrogen-bond acceptors (Lipinski definition) is 1. The molecular formula is C13H15NO. The number of rotatable bonds is 1. The van der Waals surface area contributed by atoms with Gasteiger partial charge in [0.25, 0.3) is 5.56 Å². The fourth-order valence-corrected chi connectivity index (χ4v) is 2.01. The molecule has 2 rings (SSSR count). The van der Waals surface area contributed by atoms with Gasteiger partial charge in [0, 0.05) is 17.5 Å². The molecule has 0 bridgehead atoms. The molecule has 0 spiro atoms. The van der Waals surface area contributed by atoms with E-state index in [1.807, 2.05) is 43.5 Å². The molecule has 0 fully saturated rings. The van der Waals surface area contributed by atoms with Crippen LogP contribution in [0.5, 0.6) is 0 Å². The van der Waals surface area contributed by atoms with Crippen molar-refractivity contribution >= 4 is 10.9 Å². The van der Waals surface area contributed by atoms with Crippen molar-refractivity contribution in [3.8, 4) is 0 Å². The summed E-state index contributed by atoms with van der Waals surface area (Å²) >= 11 is 0. The number of fused-ring (bicyclic) bond motifs is 1. The van der Waals surface area contributed by atoms with Gasteiger partial charge < -0.3 is 4.57 Å². The zero-order valence-electron chi connectivity index (χ0n) is 9.37. The van der Waals surface area contributed by atoms with Crippen LogP contribution in [-0.4, -0.2) is 4.57 Å². The van der Waals surface area contributed by atoms with Crippen LogP contribution in [0.15, 0.2) is 29.1 Å². The van der Waals surface area contributed by atoms with Gasteiger partial charge >= 0.3 is 0 Å². The van der Waals surface area contributed by atoms with E-state index in [2.05, 4.69) is 6.07 Å². The van der Waals surface area contributed by atoms with Crippen molar-refractivity contribution in [2.45, 2.75) is 27.3 Å². The number of aryl methyl sites for hydroxylation is 2. The summed E-state index contributed by atoms with van der Waals surface area (Å²) in [6.45, 7) is 6.64. The van der Waals surface area contributed by atoms with Gasteiger partial charge in [0.2, 0.25) is 0 Å². The largest absolute Gasteiger partial charge is 0.308 e. The van der Waals surface area contributed by atoms with E-state index >= 15 is 0 Å². The monoisotopic (exact) mass is 201 g/mol. The molecular weight excluding hydrogens is 186 g/mol. The summed E-state index contributed by atoms with van der Waals surface area (Å²) in [5.41, 5.74) is 3.12. The van der Waals surface area contributed by atoms with Crippen molar-refractivity contribution in [3.63, 3.8) is 0 Å². The molecule has 0 saturated heterocycles. The standard InChI is InChI=1S/C13H15NO/c1-4-14-12-8-6-5-7-11(12)9(2)10(3)13(14)15/h5-8H,4H2,1-3H3. The number of para-hydroxylation sites is 1. The minimum atomic E-state index is 0.133. The number of benzene rings is 1. The lowest BCUT2D eigenvalue weighted by molar-refractivity contribution is 0.752. The highest BCUT2D eigenvalue weighted by Crippen LogP contribution is 2.18. The SMILES string of the molecule is CCn1c(=O)c(C)c(C)c2ccccc21. The van der Waals surface area contributed by atoms with Crippen LogP contribution < -0.4 is 5.56 Å². The molecule has 1 aromatic heterocycles. The summed E-state index contributed by atoms with van der Waals surface area (Å²) in [6, 6.07) is 8.07. The third-order valence-corrected chi connectivity index (χ3v) is 3.04. The van der Waals surface area contributed by atoms with Gasteiger partial charge in [-0.05, 0) is 32.4 Å². The third-order valence-electron chi connectivity index (χ3n) is 3.04. The molecule has 0 aliphatic carbocycles. The molecule has 0 saturated carbocycles. The summed E-state index contributed by atoms with van der Waals surface area (Å²) in [5.74, 6) is 0. The fraction of sp³-hybridized carbons (Fsp3) is 0.308. The lowest BCUT2D eigenvalue weighted by Gasteiger charge is -2.12. The number of nitrogens with zero attached hydrogens (tertiary/aromatic N) is 1. The molecule has 0 atom stereocenters. The van der Waals surface area contributed by atoms with E-state index in [0.717, 1.165) is 23.2 Å². The highest BCUT2D eigenvalue weighted by molar-refractivity contribution is 5.83. The van der Waals surface area contributed by atoms with Crippen molar-refractivity contribution < 1.29 is 0 Å². The number of aromatic nitrogens is 1. The van der Waals surface area contributed by atoms with Crippen LogP contribution in [0.1, 0.15) is 18.1 Å². The van der Waals surface area contributed by atoms with Crippen LogP contribution in [0.4, 0.5) is 0 Å². The molecule has 0 aliphatic rings. The van der Waals surface area contributed by atoms with Gasteiger partial charge in [0.1, 0.15) is 0 Å². The maximum atomic E-state index is 12.0. The van der Waals surface area contributed by atoms with Crippen molar-refractivity contribution in [2.75, 3.05) is 0 Å². The molecule has 2 nitrogen and oxygen atoms in total. The first kappa shape index (κ1) is 9.97. The highest BCUT2D eigenvalue weighted by atomic mass is 16.1. The highest BCUT2D eigenvalue weighted by Gasteiger charge is 2.08. The van der Waals surface area contributed by atoms with E-state index in [0.29, 0.717) is 0 Å².